The van der Waals surface area contributed by atoms with Crippen LogP contribution in [0.3, 0.4) is 0 Å². The first-order valence-electron chi connectivity index (χ1n) is 9.63. The van der Waals surface area contributed by atoms with Crippen molar-refractivity contribution in [3.05, 3.63) is 48.4 Å². The molecule has 0 unspecified atom stereocenters. The molecule has 0 spiro atoms. The number of aryl methyl sites for hydroxylation is 1. The van der Waals surface area contributed by atoms with E-state index >= 15 is 0 Å². The van der Waals surface area contributed by atoms with E-state index in [1.165, 1.54) is 11.3 Å². The molecule has 30 heavy (non-hydrogen) atoms. The molecule has 1 amide bonds. The largest absolute Gasteiger partial charge is 0.486 e. The molecule has 0 saturated carbocycles. The summed E-state index contributed by atoms with van der Waals surface area (Å²) in [7, 11) is 0. The summed E-state index contributed by atoms with van der Waals surface area (Å²) in [5.41, 5.74) is 1.68. The zero-order chi connectivity index (χ0) is 20.3. The lowest BCUT2D eigenvalue weighted by Gasteiger charge is -2.17. The third-order valence-corrected chi connectivity index (χ3v) is 5.53. The summed E-state index contributed by atoms with van der Waals surface area (Å²) in [6, 6.07) is 13.4. The molecule has 2 aromatic heterocycles. The predicted molar refractivity (Wildman–Crippen MR) is 112 cm³/mol. The SMILES string of the molecule is O=C(CCCc1nc(-c2ccccc2)no1)Nc1nc2cc3c(cc2s1)OCCO3. The number of benzene rings is 2. The lowest BCUT2D eigenvalue weighted by atomic mass is 10.2. The van der Waals surface area contributed by atoms with Gasteiger partial charge < -0.3 is 19.3 Å². The van der Waals surface area contributed by atoms with E-state index < -0.39 is 0 Å². The van der Waals surface area contributed by atoms with E-state index in [1.54, 1.807) is 0 Å². The normalized spacial score (nSPS) is 12.8. The molecule has 152 valence electrons. The topological polar surface area (TPSA) is 99.4 Å². The average molecular weight is 422 g/mol. The fourth-order valence-corrected chi connectivity index (χ4v) is 4.05. The first kappa shape index (κ1) is 18.6. The highest BCUT2D eigenvalue weighted by molar-refractivity contribution is 7.22. The van der Waals surface area contributed by atoms with Crippen LogP contribution in [-0.4, -0.2) is 34.2 Å². The molecule has 1 aliphatic rings. The Hall–Kier alpha value is -3.46. The Morgan fingerprint density at radius 1 is 1.07 bits per heavy atom. The minimum absolute atomic E-state index is 0.103. The molecule has 0 fully saturated rings. The second-order valence-electron chi connectivity index (χ2n) is 6.76. The molecule has 0 bridgehead atoms. The first-order valence-corrected chi connectivity index (χ1v) is 10.4. The number of hydrogen-bond donors (Lipinski definition) is 1. The van der Waals surface area contributed by atoms with Crippen LogP contribution in [0.2, 0.25) is 0 Å². The third kappa shape index (κ3) is 3.97. The van der Waals surface area contributed by atoms with Crippen molar-refractivity contribution < 1.29 is 18.8 Å². The van der Waals surface area contributed by atoms with Crippen molar-refractivity contribution in [1.29, 1.82) is 0 Å². The number of carbonyl (C=O) groups excluding carboxylic acids is 1. The Balaban J connectivity index is 1.16. The summed E-state index contributed by atoms with van der Waals surface area (Å²) >= 11 is 1.41. The van der Waals surface area contributed by atoms with Gasteiger partial charge in [-0.1, -0.05) is 46.8 Å². The second-order valence-corrected chi connectivity index (χ2v) is 7.79. The molecule has 2 aromatic carbocycles. The molecule has 0 atom stereocenters. The monoisotopic (exact) mass is 422 g/mol. The Morgan fingerprint density at radius 3 is 2.70 bits per heavy atom. The molecule has 1 aliphatic heterocycles. The summed E-state index contributed by atoms with van der Waals surface area (Å²) < 4.78 is 17.4. The average Bonchev–Trinajstić information content (AvgIpc) is 3.39. The van der Waals surface area contributed by atoms with Crippen LogP contribution in [0.15, 0.2) is 47.0 Å². The minimum Gasteiger partial charge on any atom is -0.486 e. The van der Waals surface area contributed by atoms with Crippen LogP contribution < -0.4 is 14.8 Å². The maximum absolute atomic E-state index is 12.3. The van der Waals surface area contributed by atoms with Crippen LogP contribution in [0, 0.1) is 0 Å². The maximum Gasteiger partial charge on any atom is 0.226 e. The van der Waals surface area contributed by atoms with Gasteiger partial charge in [-0.25, -0.2) is 4.98 Å². The van der Waals surface area contributed by atoms with Crippen LogP contribution in [0.25, 0.3) is 21.6 Å². The van der Waals surface area contributed by atoms with Gasteiger partial charge in [-0.3, -0.25) is 4.79 Å². The standard InChI is InChI=1S/C21H18N4O4S/c26-18(7-4-8-19-24-20(25-29-19)13-5-2-1-3-6-13)23-21-22-14-11-15-16(12-17(14)30-21)28-10-9-27-15/h1-3,5-6,11-12H,4,7-10H2,(H,22,23,26). The zero-order valence-electron chi connectivity index (χ0n) is 16.0. The van der Waals surface area contributed by atoms with Gasteiger partial charge in [-0.2, -0.15) is 4.98 Å². The van der Waals surface area contributed by atoms with Crippen LogP contribution in [0.4, 0.5) is 5.13 Å². The Bertz CT molecular complexity index is 1150. The van der Waals surface area contributed by atoms with Crippen LogP contribution in [0.1, 0.15) is 18.7 Å². The van der Waals surface area contributed by atoms with Crippen molar-refractivity contribution in [3.8, 4) is 22.9 Å². The number of aromatic nitrogens is 3. The lowest BCUT2D eigenvalue weighted by molar-refractivity contribution is -0.116. The molecule has 1 N–H and O–H groups in total. The summed E-state index contributed by atoms with van der Waals surface area (Å²) in [5.74, 6) is 2.37. The summed E-state index contributed by atoms with van der Waals surface area (Å²) in [5, 5.41) is 7.41. The van der Waals surface area contributed by atoms with E-state index in [0.29, 0.717) is 60.8 Å². The van der Waals surface area contributed by atoms with Gasteiger partial charge >= 0.3 is 0 Å². The molecular weight excluding hydrogens is 404 g/mol. The highest BCUT2D eigenvalue weighted by Crippen LogP contribution is 2.37. The Kier molecular flexibility index (Phi) is 5.02. The van der Waals surface area contributed by atoms with Gasteiger partial charge in [0.2, 0.25) is 17.6 Å². The molecule has 0 radical (unpaired) electrons. The molecule has 0 aliphatic carbocycles. The van der Waals surface area contributed by atoms with Gasteiger partial charge in [-0.15, -0.1) is 0 Å². The van der Waals surface area contributed by atoms with Crippen LogP contribution in [-0.2, 0) is 11.2 Å². The lowest BCUT2D eigenvalue weighted by Crippen LogP contribution is -2.15. The molecule has 9 heteroatoms. The number of hydrogen-bond acceptors (Lipinski definition) is 8. The number of carbonyl (C=O) groups is 1. The molecule has 0 saturated heterocycles. The van der Waals surface area contributed by atoms with Gasteiger partial charge in [0.15, 0.2) is 16.6 Å². The van der Waals surface area contributed by atoms with Crippen molar-refractivity contribution in [2.45, 2.75) is 19.3 Å². The number of nitrogens with zero attached hydrogens (tertiary/aromatic N) is 3. The highest BCUT2D eigenvalue weighted by Gasteiger charge is 2.16. The first-order chi connectivity index (χ1) is 14.7. The van der Waals surface area contributed by atoms with Crippen molar-refractivity contribution in [3.63, 3.8) is 0 Å². The second kappa shape index (κ2) is 8.11. The van der Waals surface area contributed by atoms with Gasteiger partial charge in [0.25, 0.3) is 0 Å². The van der Waals surface area contributed by atoms with Crippen molar-refractivity contribution in [1.82, 2.24) is 15.1 Å². The Morgan fingerprint density at radius 2 is 1.87 bits per heavy atom. The van der Waals surface area contributed by atoms with E-state index in [0.717, 1.165) is 15.8 Å². The number of fused-ring (bicyclic) bond motifs is 2. The van der Waals surface area contributed by atoms with Gasteiger partial charge in [0.1, 0.15) is 13.2 Å². The van der Waals surface area contributed by atoms with E-state index in [4.69, 9.17) is 14.0 Å². The van der Waals surface area contributed by atoms with E-state index in [9.17, 15) is 4.79 Å². The van der Waals surface area contributed by atoms with Gasteiger partial charge in [-0.05, 0) is 6.42 Å². The summed E-state index contributed by atoms with van der Waals surface area (Å²) in [6.45, 7) is 1.06. The number of nitrogens with one attached hydrogen (secondary N) is 1. The molecule has 4 aromatic rings. The van der Waals surface area contributed by atoms with E-state index in [1.807, 2.05) is 42.5 Å². The number of thiazole rings is 1. The van der Waals surface area contributed by atoms with E-state index in [2.05, 4.69) is 20.4 Å². The smallest absolute Gasteiger partial charge is 0.226 e. The number of ether oxygens (including phenoxy) is 2. The Labute approximate surface area is 175 Å². The van der Waals surface area contributed by atoms with Gasteiger partial charge in [0.05, 0.1) is 10.2 Å². The van der Waals surface area contributed by atoms with Crippen LogP contribution in [0.5, 0.6) is 11.5 Å². The van der Waals surface area contributed by atoms with Crippen LogP contribution >= 0.6 is 11.3 Å². The number of anilines is 1. The summed E-state index contributed by atoms with van der Waals surface area (Å²) in [6.07, 6.45) is 1.47. The molecule has 3 heterocycles. The van der Waals surface area contributed by atoms with Gasteiger partial charge in [0, 0.05) is 30.5 Å². The zero-order valence-corrected chi connectivity index (χ0v) is 16.8. The van der Waals surface area contributed by atoms with Crippen molar-refractivity contribution in [2.24, 2.45) is 0 Å². The van der Waals surface area contributed by atoms with Crippen molar-refractivity contribution >= 4 is 32.6 Å². The third-order valence-electron chi connectivity index (χ3n) is 4.59. The maximum atomic E-state index is 12.3. The minimum atomic E-state index is -0.103. The summed E-state index contributed by atoms with van der Waals surface area (Å²) in [4.78, 5) is 21.2. The number of rotatable bonds is 6. The fraction of sp³-hybridized carbons (Fsp3) is 0.238. The molecule has 5 rings (SSSR count). The molecular formula is C21H18N4O4S. The molecule has 8 nitrogen and oxygen atoms in total. The number of amides is 1. The quantitative estimate of drug-likeness (QED) is 0.500. The van der Waals surface area contributed by atoms with Crippen molar-refractivity contribution in [2.75, 3.05) is 18.5 Å². The fourth-order valence-electron chi connectivity index (χ4n) is 3.16. The highest BCUT2D eigenvalue weighted by atomic mass is 32.1. The van der Waals surface area contributed by atoms with E-state index in [-0.39, 0.29) is 5.91 Å². The predicted octanol–water partition coefficient (Wildman–Crippen LogP) is 4.08.